The van der Waals surface area contributed by atoms with Gasteiger partial charge < -0.3 is 24.7 Å². The Hall–Kier alpha value is -3.97. The Labute approximate surface area is 214 Å². The van der Waals surface area contributed by atoms with Crippen molar-refractivity contribution in [2.45, 2.75) is 19.9 Å². The average molecular weight is 506 g/mol. The lowest BCUT2D eigenvalue weighted by atomic mass is 10.1. The van der Waals surface area contributed by atoms with Crippen molar-refractivity contribution in [3.05, 3.63) is 98.8 Å². The number of methoxy groups -OCH3 is 2. The smallest absolute Gasteiger partial charge is 0.322 e. The van der Waals surface area contributed by atoms with E-state index in [1.807, 2.05) is 49.4 Å². The number of anilines is 1. The van der Waals surface area contributed by atoms with Crippen LogP contribution >= 0.6 is 11.6 Å². The fraction of sp³-hybridized carbons (Fsp3) is 0.214. The number of carbonyl (C=O) groups is 1. The summed E-state index contributed by atoms with van der Waals surface area (Å²) in [6.45, 7) is 2.52. The first-order valence-corrected chi connectivity index (χ1v) is 11.9. The molecule has 0 aliphatic rings. The summed E-state index contributed by atoms with van der Waals surface area (Å²) in [4.78, 5) is 30.7. The van der Waals surface area contributed by atoms with Gasteiger partial charge in [-0.1, -0.05) is 29.3 Å². The lowest BCUT2D eigenvalue weighted by Gasteiger charge is -2.23. The number of pyridine rings is 1. The van der Waals surface area contributed by atoms with E-state index in [9.17, 15) is 9.59 Å². The standard InChI is InChI=1S/C28H28ClN3O4/c1-18-4-10-24-20(14-18)16-21(27(33)31-24)17-32(28(34)30-23-8-6-22(29)7-9-23)13-12-19-5-11-25(35-2)26(15-19)36-3/h4-11,14-16H,12-13,17H2,1-3H3,(H,30,34)(H,31,33). The topological polar surface area (TPSA) is 83.7 Å². The van der Waals surface area contributed by atoms with Crippen molar-refractivity contribution in [2.24, 2.45) is 0 Å². The molecule has 0 spiro atoms. The van der Waals surface area contributed by atoms with Crippen LogP contribution in [0.15, 0.2) is 71.5 Å². The molecule has 4 rings (SSSR count). The van der Waals surface area contributed by atoms with Gasteiger partial charge in [-0.25, -0.2) is 4.79 Å². The normalized spacial score (nSPS) is 10.8. The summed E-state index contributed by atoms with van der Waals surface area (Å²) in [5.74, 6) is 1.25. The zero-order chi connectivity index (χ0) is 25.7. The lowest BCUT2D eigenvalue weighted by Crippen LogP contribution is -2.37. The summed E-state index contributed by atoms with van der Waals surface area (Å²) in [7, 11) is 3.17. The fourth-order valence-corrected chi connectivity index (χ4v) is 4.11. The molecule has 2 N–H and O–H groups in total. The van der Waals surface area contributed by atoms with Crippen LogP contribution in [0.4, 0.5) is 10.5 Å². The van der Waals surface area contributed by atoms with E-state index in [0.717, 1.165) is 22.0 Å². The van der Waals surface area contributed by atoms with E-state index < -0.39 is 0 Å². The van der Waals surface area contributed by atoms with E-state index in [-0.39, 0.29) is 18.1 Å². The van der Waals surface area contributed by atoms with E-state index >= 15 is 0 Å². The van der Waals surface area contributed by atoms with E-state index in [1.165, 1.54) is 0 Å². The second kappa shape index (κ2) is 11.2. The first-order valence-electron chi connectivity index (χ1n) is 11.5. The number of hydrogen-bond donors (Lipinski definition) is 2. The third kappa shape index (κ3) is 5.98. The molecule has 4 aromatic rings. The van der Waals surface area contributed by atoms with E-state index in [0.29, 0.717) is 40.7 Å². The third-order valence-electron chi connectivity index (χ3n) is 5.94. The van der Waals surface area contributed by atoms with Crippen molar-refractivity contribution < 1.29 is 14.3 Å². The SMILES string of the molecule is COc1ccc(CCN(Cc2cc3cc(C)ccc3[nH]c2=O)C(=O)Nc2ccc(Cl)cc2)cc1OC. The molecule has 0 aliphatic carbocycles. The zero-order valence-electron chi connectivity index (χ0n) is 20.4. The van der Waals surface area contributed by atoms with Gasteiger partial charge >= 0.3 is 6.03 Å². The minimum Gasteiger partial charge on any atom is -0.493 e. The molecule has 0 radical (unpaired) electrons. The number of carbonyl (C=O) groups excluding carboxylic acids is 1. The molecule has 0 aliphatic heterocycles. The summed E-state index contributed by atoms with van der Waals surface area (Å²) >= 11 is 5.98. The second-order valence-corrected chi connectivity index (χ2v) is 8.95. The Morgan fingerprint density at radius 3 is 2.44 bits per heavy atom. The van der Waals surface area contributed by atoms with Gasteiger partial charge in [-0.2, -0.15) is 0 Å². The van der Waals surface area contributed by atoms with Crippen LogP contribution in [0.25, 0.3) is 10.9 Å². The van der Waals surface area contributed by atoms with Gasteiger partial charge in [0.05, 0.1) is 20.8 Å². The highest BCUT2D eigenvalue weighted by Crippen LogP contribution is 2.28. The Bertz CT molecular complexity index is 1430. The van der Waals surface area contributed by atoms with Crippen LogP contribution in [0.3, 0.4) is 0 Å². The molecule has 0 fully saturated rings. The van der Waals surface area contributed by atoms with Gasteiger partial charge in [0.2, 0.25) is 0 Å². The number of aryl methyl sites for hydroxylation is 1. The van der Waals surface area contributed by atoms with Crippen LogP contribution in [-0.2, 0) is 13.0 Å². The minimum atomic E-state index is -0.318. The van der Waals surface area contributed by atoms with Crippen molar-refractivity contribution in [1.29, 1.82) is 0 Å². The quantitative estimate of drug-likeness (QED) is 0.318. The number of H-pyrrole nitrogens is 1. The zero-order valence-corrected chi connectivity index (χ0v) is 21.2. The maximum absolute atomic E-state index is 13.3. The number of urea groups is 1. The molecule has 0 unspecified atom stereocenters. The van der Waals surface area contributed by atoms with Crippen LogP contribution in [-0.4, -0.2) is 36.7 Å². The predicted octanol–water partition coefficient (Wildman–Crippen LogP) is 5.78. The highest BCUT2D eigenvalue weighted by atomic mass is 35.5. The number of aromatic nitrogens is 1. The molecule has 0 saturated heterocycles. The molecule has 36 heavy (non-hydrogen) atoms. The summed E-state index contributed by atoms with van der Waals surface area (Å²) in [6.07, 6.45) is 0.555. The van der Waals surface area contributed by atoms with Gasteiger partial charge in [0.25, 0.3) is 5.56 Å². The van der Waals surface area contributed by atoms with Crippen LogP contribution in [0.5, 0.6) is 11.5 Å². The monoisotopic (exact) mass is 505 g/mol. The van der Waals surface area contributed by atoms with Crippen LogP contribution in [0, 0.1) is 6.92 Å². The number of ether oxygens (including phenoxy) is 2. The fourth-order valence-electron chi connectivity index (χ4n) is 3.98. The molecule has 0 saturated carbocycles. The van der Waals surface area contributed by atoms with Crippen molar-refractivity contribution in [1.82, 2.24) is 9.88 Å². The van der Waals surface area contributed by atoms with Gasteiger partial charge in [-0.15, -0.1) is 0 Å². The molecule has 2 amide bonds. The number of benzene rings is 3. The van der Waals surface area contributed by atoms with Gasteiger partial charge in [-0.3, -0.25) is 4.79 Å². The Morgan fingerprint density at radius 2 is 1.72 bits per heavy atom. The summed E-state index contributed by atoms with van der Waals surface area (Å²) in [5.41, 5.74) is 3.72. The Morgan fingerprint density at radius 1 is 0.972 bits per heavy atom. The Balaban J connectivity index is 1.60. The van der Waals surface area contributed by atoms with Crippen LogP contribution in [0.1, 0.15) is 16.7 Å². The molecule has 0 bridgehead atoms. The highest BCUT2D eigenvalue weighted by Gasteiger charge is 2.17. The maximum atomic E-state index is 13.3. The number of rotatable bonds is 8. The van der Waals surface area contributed by atoms with Gasteiger partial charge in [0.15, 0.2) is 11.5 Å². The largest absolute Gasteiger partial charge is 0.493 e. The molecule has 0 atom stereocenters. The second-order valence-electron chi connectivity index (χ2n) is 8.51. The van der Waals surface area contributed by atoms with Crippen molar-refractivity contribution in [3.8, 4) is 11.5 Å². The lowest BCUT2D eigenvalue weighted by molar-refractivity contribution is 0.209. The van der Waals surface area contributed by atoms with Gasteiger partial charge in [0.1, 0.15) is 0 Å². The maximum Gasteiger partial charge on any atom is 0.322 e. The summed E-state index contributed by atoms with van der Waals surface area (Å²) in [6, 6.07) is 19.9. The molecular weight excluding hydrogens is 478 g/mol. The number of nitrogens with zero attached hydrogens (tertiary/aromatic N) is 1. The first-order chi connectivity index (χ1) is 17.4. The molecule has 1 heterocycles. The van der Waals surface area contributed by atoms with Gasteiger partial charge in [-0.05, 0) is 78.9 Å². The predicted molar refractivity (Wildman–Crippen MR) is 143 cm³/mol. The molecular formula is C28H28ClN3O4. The summed E-state index contributed by atoms with van der Waals surface area (Å²) in [5, 5.41) is 4.40. The van der Waals surface area contributed by atoms with Crippen LogP contribution < -0.4 is 20.3 Å². The number of aromatic amines is 1. The molecule has 3 aromatic carbocycles. The van der Waals surface area contributed by atoms with E-state index in [2.05, 4.69) is 10.3 Å². The molecule has 8 heteroatoms. The van der Waals surface area contributed by atoms with Crippen molar-refractivity contribution >= 4 is 34.2 Å². The first kappa shape index (κ1) is 25.1. The molecule has 186 valence electrons. The van der Waals surface area contributed by atoms with Crippen molar-refractivity contribution in [2.75, 3.05) is 26.1 Å². The van der Waals surface area contributed by atoms with E-state index in [1.54, 1.807) is 43.4 Å². The number of nitrogens with one attached hydrogen (secondary N) is 2. The van der Waals surface area contributed by atoms with E-state index in [4.69, 9.17) is 21.1 Å². The number of amides is 2. The number of fused-ring (bicyclic) bond motifs is 1. The molecule has 7 nitrogen and oxygen atoms in total. The van der Waals surface area contributed by atoms with Gasteiger partial charge in [0, 0.05) is 28.3 Å². The minimum absolute atomic E-state index is 0.145. The van der Waals surface area contributed by atoms with Crippen LogP contribution in [0.2, 0.25) is 5.02 Å². The summed E-state index contributed by atoms with van der Waals surface area (Å²) < 4.78 is 10.7. The molecule has 1 aromatic heterocycles. The number of hydrogen-bond acceptors (Lipinski definition) is 4. The van der Waals surface area contributed by atoms with Crippen molar-refractivity contribution in [3.63, 3.8) is 0 Å². The average Bonchev–Trinajstić information content (AvgIpc) is 2.88. The third-order valence-corrected chi connectivity index (χ3v) is 6.19. The Kier molecular flexibility index (Phi) is 7.80. The highest BCUT2D eigenvalue weighted by molar-refractivity contribution is 6.30. The number of halogens is 1.